The van der Waals surface area contributed by atoms with Crippen LogP contribution in [-0.4, -0.2) is 29.9 Å². The van der Waals surface area contributed by atoms with Crippen LogP contribution >= 0.6 is 0 Å². The first-order chi connectivity index (χ1) is 27.2. The molecule has 0 heterocycles. The molecule has 0 spiro atoms. The molecule has 2 aliphatic rings. The molecule has 0 N–H and O–H groups in total. The third-order valence-corrected chi connectivity index (χ3v) is 22.2. The van der Waals surface area contributed by atoms with E-state index in [2.05, 4.69) is 0 Å². The molecule has 6 nitrogen and oxygen atoms in total. The topological polar surface area (TPSA) is 74.8 Å². The Morgan fingerprint density at radius 3 is 1.25 bits per heavy atom. The molecule has 0 radical (unpaired) electrons. The van der Waals surface area contributed by atoms with Gasteiger partial charge in [0.25, 0.3) is 0 Å². The quantitative estimate of drug-likeness (QED) is 0.0832. The van der Waals surface area contributed by atoms with Gasteiger partial charge < -0.3 is 0 Å². The van der Waals surface area contributed by atoms with Crippen molar-refractivity contribution in [1.29, 1.82) is 0 Å². The van der Waals surface area contributed by atoms with Gasteiger partial charge in [-0.25, -0.2) is 0 Å². The third kappa shape index (κ3) is 7.86. The molecule has 0 atom stereocenters. The molecule has 0 saturated carbocycles. The zero-order valence-electron chi connectivity index (χ0n) is 32.4. The molecule has 57 heavy (non-hydrogen) atoms. The number of sulfonamides is 2. The Balaban J connectivity index is 1.69. The van der Waals surface area contributed by atoms with E-state index in [1.807, 2.05) is 13.8 Å². The average Bonchev–Trinajstić information content (AvgIpc) is 3.93. The fourth-order valence-corrected chi connectivity index (χ4v) is 18.9. The number of unbranched alkanes of at least 4 members (excludes halogenated alkanes) is 2. The van der Waals surface area contributed by atoms with E-state index in [-0.39, 0.29) is 35.7 Å². The van der Waals surface area contributed by atoms with Gasteiger partial charge in [0.1, 0.15) is 0 Å². The summed E-state index contributed by atoms with van der Waals surface area (Å²) in [5.41, 5.74) is 0.727. The maximum absolute atomic E-state index is 18.0. The van der Waals surface area contributed by atoms with Crippen LogP contribution in [0.1, 0.15) is 63.5 Å². The van der Waals surface area contributed by atoms with E-state index < -0.39 is 79.0 Å². The number of anilines is 2. The normalized spacial score (nSPS) is 14.2. The van der Waals surface area contributed by atoms with Crippen molar-refractivity contribution in [1.82, 2.24) is 0 Å². The average molecular weight is 855 g/mol. The van der Waals surface area contributed by atoms with Gasteiger partial charge in [0.2, 0.25) is 0 Å². The Morgan fingerprint density at radius 1 is 0.561 bits per heavy atom. The van der Waals surface area contributed by atoms with Crippen LogP contribution in [0, 0.1) is 37.1 Å². The first-order valence-corrected chi connectivity index (χ1v) is 25.1. The monoisotopic (exact) mass is 854 g/mol. The Bertz CT molecular complexity index is 2330. The van der Waals surface area contributed by atoms with E-state index >= 15 is 17.6 Å². The van der Waals surface area contributed by atoms with Crippen LogP contribution in [0.5, 0.6) is 0 Å². The van der Waals surface area contributed by atoms with Gasteiger partial charge in [-0.2, -0.15) is 0 Å². The van der Waals surface area contributed by atoms with Crippen molar-refractivity contribution < 1.29 is 51.0 Å². The molecular formula is C44H46F4N2O4S2Ti. The van der Waals surface area contributed by atoms with Gasteiger partial charge in [-0.05, 0) is 0 Å². The van der Waals surface area contributed by atoms with Crippen LogP contribution in [0.4, 0.5) is 28.9 Å². The number of nitrogens with zero attached hydrogens (tertiary/aromatic N) is 2. The van der Waals surface area contributed by atoms with Crippen LogP contribution in [0.25, 0.3) is 0 Å². The Hall–Kier alpha value is -4.23. The number of rotatable bonds is 16. The van der Waals surface area contributed by atoms with E-state index in [0.717, 1.165) is 44.0 Å². The second-order valence-electron chi connectivity index (χ2n) is 14.4. The summed E-state index contributed by atoms with van der Waals surface area (Å²) in [6.07, 6.45) is 12.1. The second-order valence-corrected chi connectivity index (χ2v) is 24.0. The maximum atomic E-state index is 18.0. The predicted octanol–water partition coefficient (Wildman–Crippen LogP) is 9.64. The van der Waals surface area contributed by atoms with Gasteiger partial charge >= 0.3 is 339 Å². The van der Waals surface area contributed by atoms with Crippen LogP contribution in [0.3, 0.4) is 0 Å². The molecule has 2 aliphatic carbocycles. The first-order valence-electron chi connectivity index (χ1n) is 19.1. The van der Waals surface area contributed by atoms with Crippen LogP contribution < -0.4 is 16.3 Å². The minimum absolute atomic E-state index is 0.0978. The van der Waals surface area contributed by atoms with Gasteiger partial charge in [0, 0.05) is 0 Å². The molecule has 0 amide bonds. The van der Waals surface area contributed by atoms with E-state index in [4.69, 9.17) is 0 Å². The molecule has 0 unspecified atom stereocenters. The molecule has 13 heteroatoms. The molecule has 0 bridgehead atoms. The van der Waals surface area contributed by atoms with E-state index in [0.29, 0.717) is 33.4 Å². The van der Waals surface area contributed by atoms with Gasteiger partial charge in [-0.1, -0.05) is 0 Å². The predicted molar refractivity (Wildman–Crippen MR) is 217 cm³/mol. The van der Waals surface area contributed by atoms with Gasteiger partial charge in [0.15, 0.2) is 0 Å². The number of allylic oxidation sites excluding steroid dienone is 8. The summed E-state index contributed by atoms with van der Waals surface area (Å²) in [5.74, 6) is -4.64. The van der Waals surface area contributed by atoms with E-state index in [9.17, 15) is 16.8 Å². The molecule has 0 fully saturated rings. The summed E-state index contributed by atoms with van der Waals surface area (Å²) in [4.78, 5) is -0.196. The van der Waals surface area contributed by atoms with Crippen molar-refractivity contribution in [2.24, 2.45) is 0 Å². The van der Waals surface area contributed by atoms with Crippen molar-refractivity contribution >= 4 is 39.2 Å². The third-order valence-electron chi connectivity index (χ3n) is 10.6. The van der Waals surface area contributed by atoms with Crippen LogP contribution in [0.15, 0.2) is 127 Å². The number of hydrogen-bond acceptors (Lipinski definition) is 4. The number of halogens is 4. The van der Waals surface area contributed by atoms with Gasteiger partial charge in [-0.15, -0.1) is 0 Å². The van der Waals surface area contributed by atoms with Crippen molar-refractivity contribution in [3.63, 3.8) is 0 Å². The molecule has 4 aromatic carbocycles. The molecule has 4 aromatic rings. The Kier molecular flexibility index (Phi) is 12.9. The Labute approximate surface area is 337 Å². The summed E-state index contributed by atoms with van der Waals surface area (Å²) in [6.45, 7) is 7.01. The van der Waals surface area contributed by atoms with Gasteiger partial charge in [0.05, 0.1) is 0 Å². The second kappa shape index (κ2) is 17.3. The Morgan fingerprint density at radius 2 is 0.930 bits per heavy atom. The van der Waals surface area contributed by atoms with Crippen molar-refractivity contribution in [3.8, 4) is 0 Å². The summed E-state index contributed by atoms with van der Waals surface area (Å²) in [7, 11) is -8.83. The van der Waals surface area contributed by atoms with Crippen molar-refractivity contribution in [3.05, 3.63) is 151 Å². The number of hydrogen-bond donors (Lipinski definition) is 0. The van der Waals surface area contributed by atoms with Crippen molar-refractivity contribution in [2.45, 2.75) is 76.0 Å². The number of aryl methyl sites for hydroxylation is 2. The van der Waals surface area contributed by atoms with Crippen LogP contribution in [0.2, 0.25) is 0 Å². The molecule has 300 valence electrons. The molecule has 0 aromatic heterocycles. The molecular weight excluding hydrogens is 808 g/mol. The SMILES string of the molecule is CCCCN(c1ccc(F)[c]([Ti]([C]2=CC=CC2)([C]2=CC=CC2)[c]2c(F)ccc(N(CCCC)S(=O)(=O)c3ccc(C)cc3)c2F)c1F)S(=O)(=O)c1ccc(C)cc1. The summed E-state index contributed by atoms with van der Waals surface area (Å²) < 4.78 is 129. The van der Waals surface area contributed by atoms with Crippen LogP contribution in [-0.2, 0) is 36.6 Å². The molecule has 6 rings (SSSR count). The zero-order valence-corrected chi connectivity index (χ0v) is 35.6. The van der Waals surface area contributed by atoms with E-state index in [1.54, 1.807) is 74.6 Å². The fourth-order valence-electron chi connectivity index (χ4n) is 7.60. The summed E-state index contributed by atoms with van der Waals surface area (Å²) in [5, 5.41) is 0. The van der Waals surface area contributed by atoms with Crippen molar-refractivity contribution in [2.75, 3.05) is 21.7 Å². The zero-order chi connectivity index (χ0) is 41.1. The standard InChI is InChI=1S/2C17H18F2NO2S.2C5H5.Ti/c2*1-3-4-11-20(17-10-7-14(18)12-16(17)19)23(21,22)15-8-5-13(2)6-9-15;2*1-2-4-5-3-1;/h2*5-10H,3-4,11H2,1-2H3;2*1-3H,4H2;. The molecule has 0 saturated heterocycles. The summed E-state index contributed by atoms with van der Waals surface area (Å²) >= 11 is -5.55. The minimum atomic E-state index is -5.55. The van der Waals surface area contributed by atoms with Gasteiger partial charge in [-0.3, -0.25) is 0 Å². The molecule has 0 aliphatic heterocycles. The first kappa shape index (κ1) is 42.4. The fraction of sp³-hybridized carbons (Fsp3) is 0.273. The van der Waals surface area contributed by atoms with E-state index in [1.165, 1.54) is 24.3 Å². The number of benzene rings is 4. The summed E-state index contributed by atoms with van der Waals surface area (Å²) in [6, 6.07) is 16.2.